The first-order valence-electron chi connectivity index (χ1n) is 14.8. The van der Waals surface area contributed by atoms with Crippen LogP contribution in [0.2, 0.25) is 0 Å². The number of aromatic nitrogens is 1. The minimum absolute atomic E-state index is 0.0415. The Kier molecular flexibility index (Phi) is 10.0. The first kappa shape index (κ1) is 35.0. The number of hydrogen-bond donors (Lipinski definition) is 5. The topological polar surface area (TPSA) is 233 Å². The summed E-state index contributed by atoms with van der Waals surface area (Å²) in [4.78, 5) is 93.9. The number of urea groups is 1. The van der Waals surface area contributed by atoms with E-state index in [0.29, 0.717) is 10.5 Å². The number of imide groups is 1. The number of carbonyl (C=O) groups excluding carboxylic acids is 7. The van der Waals surface area contributed by atoms with E-state index in [-0.39, 0.29) is 43.1 Å². The van der Waals surface area contributed by atoms with E-state index >= 15 is 0 Å². The number of carboxylic acids is 1. The zero-order valence-electron chi connectivity index (χ0n) is 26.1. The number of aromatic hydroxyl groups is 2. The Balaban J connectivity index is 1.42. The summed E-state index contributed by atoms with van der Waals surface area (Å²) < 4.78 is 1.83. The molecule has 3 aliphatic heterocycles. The maximum Gasteiger partial charge on any atom is 0.325 e. The zero-order valence-corrected chi connectivity index (χ0v) is 27.7. The third kappa shape index (κ3) is 6.58. The van der Waals surface area contributed by atoms with Gasteiger partial charge in [0.25, 0.3) is 5.91 Å². The Bertz CT molecular complexity index is 1770. The number of hydrogen-bond acceptors (Lipinski definition) is 12. The number of amides is 7. The molecule has 2 saturated heterocycles. The Morgan fingerprint density at radius 2 is 1.84 bits per heavy atom. The van der Waals surface area contributed by atoms with Gasteiger partial charge in [-0.15, -0.1) is 23.5 Å². The summed E-state index contributed by atoms with van der Waals surface area (Å²) in [5.41, 5.74) is -2.32. The number of carboxylic acid groups (broad SMARTS) is 1. The molecule has 3 aliphatic rings. The van der Waals surface area contributed by atoms with E-state index < -0.39 is 69.9 Å². The molecule has 0 bridgehead atoms. The summed E-state index contributed by atoms with van der Waals surface area (Å²) >= 11 is 2.41. The molecule has 0 saturated carbocycles. The molecule has 258 valence electrons. The Hall–Kier alpha value is -5.30. The number of phenols is 2. The number of fused-ring (bicyclic) bond motifs is 1. The van der Waals surface area contributed by atoms with Gasteiger partial charge in [-0.3, -0.25) is 33.8 Å². The number of aryl methyl sites for hydroxylation is 1. The van der Waals surface area contributed by atoms with E-state index in [1.54, 1.807) is 6.92 Å². The maximum absolute atomic E-state index is 13.9. The van der Waals surface area contributed by atoms with Gasteiger partial charge in [0.05, 0.1) is 11.7 Å². The molecule has 7 amide bonds. The van der Waals surface area contributed by atoms with E-state index in [1.807, 2.05) is 36.1 Å². The zero-order chi connectivity index (χ0) is 35.6. The van der Waals surface area contributed by atoms with Crippen molar-refractivity contribution in [3.8, 4) is 11.5 Å². The van der Waals surface area contributed by atoms with Gasteiger partial charge in [-0.2, -0.15) is 0 Å². The molecule has 17 nitrogen and oxygen atoms in total. The van der Waals surface area contributed by atoms with Crippen molar-refractivity contribution in [2.45, 2.75) is 28.9 Å². The van der Waals surface area contributed by atoms with Gasteiger partial charge in [0, 0.05) is 48.2 Å². The fourth-order valence-corrected chi connectivity index (χ4v) is 7.96. The van der Waals surface area contributed by atoms with Crippen molar-refractivity contribution in [2.75, 3.05) is 31.1 Å². The standard InChI is InChI=1S/C30H31N7O10S2/c1-3-35-10-11-36(25(43)24(35)42)29(47)32-21(16-4-5-19(39)20(40)12-16)23(41)33-30(31-15-38)27(46)37-22(26(44)45)17(14-49-28(30)37)13-48-18-6-8-34(2)9-7-18/h4-9,12,15,21,28H,3,10-11,13-14H2,1-2H3,(H5-,31,32,33,38,39,40,41,42,43,44,45,47)/t21?,28-,30-/m1/s1. The number of likely N-dealkylation sites (N-methyl/N-ethyl adjacent to an activating group) is 1. The van der Waals surface area contributed by atoms with Crippen molar-refractivity contribution in [3.05, 3.63) is 59.6 Å². The smallest absolute Gasteiger partial charge is 0.325 e. The lowest BCUT2D eigenvalue weighted by molar-refractivity contribution is -0.671. The average Bonchev–Trinajstić information content (AvgIpc) is 3.08. The van der Waals surface area contributed by atoms with Crippen LogP contribution in [0.5, 0.6) is 11.5 Å². The number of pyridine rings is 1. The molecule has 0 spiro atoms. The summed E-state index contributed by atoms with van der Waals surface area (Å²) in [7, 11) is 1.85. The predicted molar refractivity (Wildman–Crippen MR) is 169 cm³/mol. The molecular weight excluding hydrogens is 683 g/mol. The van der Waals surface area contributed by atoms with Crippen LogP contribution in [0.3, 0.4) is 0 Å². The van der Waals surface area contributed by atoms with Crippen molar-refractivity contribution >= 4 is 65.6 Å². The highest BCUT2D eigenvalue weighted by molar-refractivity contribution is 8.01. The van der Waals surface area contributed by atoms with E-state index in [4.69, 9.17) is 0 Å². The highest BCUT2D eigenvalue weighted by Gasteiger charge is 2.65. The maximum atomic E-state index is 13.9. The van der Waals surface area contributed by atoms with Crippen molar-refractivity contribution in [1.82, 2.24) is 30.7 Å². The van der Waals surface area contributed by atoms with Crippen LogP contribution in [0.1, 0.15) is 18.5 Å². The molecule has 1 aromatic carbocycles. The van der Waals surface area contributed by atoms with Crippen molar-refractivity contribution in [1.29, 1.82) is 0 Å². The minimum Gasteiger partial charge on any atom is -0.543 e. The van der Waals surface area contributed by atoms with Crippen molar-refractivity contribution in [3.63, 3.8) is 0 Å². The van der Waals surface area contributed by atoms with E-state index in [9.17, 15) is 48.9 Å². The van der Waals surface area contributed by atoms with Crippen molar-refractivity contribution < 1.29 is 53.4 Å². The number of piperazine rings is 1. The molecule has 2 aromatic rings. The number of nitrogens with zero attached hydrogens (tertiary/aromatic N) is 4. The lowest BCUT2D eigenvalue weighted by Crippen LogP contribution is -2.85. The van der Waals surface area contributed by atoms with Crippen LogP contribution < -0.4 is 25.6 Å². The Morgan fingerprint density at radius 1 is 1.12 bits per heavy atom. The van der Waals surface area contributed by atoms with Crippen LogP contribution in [0.25, 0.3) is 0 Å². The number of carbonyl (C=O) groups is 7. The summed E-state index contributed by atoms with van der Waals surface area (Å²) in [6.07, 6.45) is 3.79. The lowest BCUT2D eigenvalue weighted by Gasteiger charge is -2.57. The van der Waals surface area contributed by atoms with Gasteiger partial charge in [0.15, 0.2) is 23.9 Å². The molecule has 49 heavy (non-hydrogen) atoms. The third-order valence-electron chi connectivity index (χ3n) is 8.11. The lowest BCUT2D eigenvalue weighted by atomic mass is 9.94. The number of thioether (sulfide) groups is 2. The molecule has 19 heteroatoms. The Labute approximate surface area is 287 Å². The SMILES string of the molecule is CCN1CCN(C(=O)NC(C(=O)N[C@]2(NC=O)C(=O)N3C(C(=O)[O-])=C(CSc4cc[n+](C)cc4)CS[C@@H]32)c2ccc(O)c(O)c2)C(=O)C1=O. The molecule has 5 rings (SSSR count). The molecule has 4 heterocycles. The van der Waals surface area contributed by atoms with Gasteiger partial charge in [0.2, 0.25) is 18.0 Å². The van der Waals surface area contributed by atoms with Crippen LogP contribution in [0.15, 0.2) is 58.9 Å². The molecule has 1 unspecified atom stereocenters. The summed E-state index contributed by atoms with van der Waals surface area (Å²) in [6, 6.07) is 3.94. The van der Waals surface area contributed by atoms with Crippen LogP contribution in [-0.4, -0.2) is 109 Å². The second-order valence-corrected chi connectivity index (χ2v) is 13.2. The molecule has 1 aromatic heterocycles. The molecule has 2 fully saturated rings. The summed E-state index contributed by atoms with van der Waals surface area (Å²) in [5.74, 6) is -6.75. The summed E-state index contributed by atoms with van der Waals surface area (Å²) in [6.45, 7) is 1.74. The van der Waals surface area contributed by atoms with Gasteiger partial charge in [0.1, 0.15) is 18.5 Å². The van der Waals surface area contributed by atoms with E-state index in [0.717, 1.165) is 33.7 Å². The van der Waals surface area contributed by atoms with Gasteiger partial charge in [-0.25, -0.2) is 9.36 Å². The van der Waals surface area contributed by atoms with Gasteiger partial charge in [-0.05, 0) is 30.2 Å². The molecule has 5 N–H and O–H groups in total. The van der Waals surface area contributed by atoms with Crippen LogP contribution in [-0.2, 0) is 35.8 Å². The Morgan fingerprint density at radius 3 is 2.47 bits per heavy atom. The number of benzene rings is 1. The quantitative estimate of drug-likeness (QED) is 0.0313. The largest absolute Gasteiger partial charge is 0.543 e. The normalized spacial score (nSPS) is 21.1. The minimum atomic E-state index is -2.18. The number of β-lactam (4-membered cyclic amide) rings is 1. The van der Waals surface area contributed by atoms with Gasteiger partial charge >= 0.3 is 17.8 Å². The number of aliphatic carboxylic acids is 1. The van der Waals surface area contributed by atoms with Gasteiger partial charge in [-0.1, -0.05) is 6.07 Å². The monoisotopic (exact) mass is 713 g/mol. The third-order valence-corrected chi connectivity index (χ3v) is 10.6. The summed E-state index contributed by atoms with van der Waals surface area (Å²) in [5, 5.41) is 38.2. The van der Waals surface area contributed by atoms with E-state index in [1.165, 1.54) is 22.7 Å². The fourth-order valence-electron chi connectivity index (χ4n) is 5.51. The fraction of sp³-hybridized carbons (Fsp3) is 0.333. The van der Waals surface area contributed by atoms with E-state index in [2.05, 4.69) is 16.0 Å². The number of phenolic OH excluding ortho intramolecular Hbond substituents is 2. The number of nitrogens with one attached hydrogen (secondary N) is 3. The first-order chi connectivity index (χ1) is 23.3. The van der Waals surface area contributed by atoms with Crippen molar-refractivity contribution in [2.24, 2.45) is 7.05 Å². The second kappa shape index (κ2) is 14.0. The van der Waals surface area contributed by atoms with Crippen LogP contribution >= 0.6 is 23.5 Å². The first-order valence-corrected chi connectivity index (χ1v) is 16.8. The molecule has 0 aliphatic carbocycles. The highest BCUT2D eigenvalue weighted by atomic mass is 32.2. The molecular formula is C30H31N7O10S2. The highest BCUT2D eigenvalue weighted by Crippen LogP contribution is 2.46. The van der Waals surface area contributed by atoms with Crippen LogP contribution in [0, 0.1) is 0 Å². The van der Waals surface area contributed by atoms with Crippen LogP contribution in [0.4, 0.5) is 4.79 Å². The molecule has 0 radical (unpaired) electrons. The number of rotatable bonds is 11. The predicted octanol–water partition coefficient (Wildman–Crippen LogP) is -2.37. The average molecular weight is 714 g/mol. The van der Waals surface area contributed by atoms with Gasteiger partial charge < -0.3 is 41.0 Å². The molecule has 3 atom stereocenters. The second-order valence-electron chi connectivity index (χ2n) is 11.1.